The van der Waals surface area contributed by atoms with Gasteiger partial charge in [0.25, 0.3) is 0 Å². The summed E-state index contributed by atoms with van der Waals surface area (Å²) >= 11 is 2.19. The van der Waals surface area contributed by atoms with Crippen LogP contribution in [0.1, 0.15) is 5.69 Å². The fourth-order valence-electron chi connectivity index (χ4n) is 1.65. The molecule has 0 unspecified atom stereocenters. The van der Waals surface area contributed by atoms with Gasteiger partial charge in [-0.25, -0.2) is 4.98 Å². The Morgan fingerprint density at radius 2 is 1.90 bits per heavy atom. The number of nitro groups is 1. The Morgan fingerprint density at radius 3 is 2.45 bits per heavy atom. The van der Waals surface area contributed by atoms with Crippen LogP contribution in [0.15, 0.2) is 24.3 Å². The first-order valence-corrected chi connectivity index (χ1v) is 6.82. The minimum absolute atomic E-state index is 0.123. The predicted molar refractivity (Wildman–Crippen MR) is 85.4 cm³/mol. The van der Waals surface area contributed by atoms with Gasteiger partial charge in [0, 0.05) is 16.3 Å². The summed E-state index contributed by atoms with van der Waals surface area (Å²) in [7, 11) is 1.66. The molecule has 2 aromatic rings. The van der Waals surface area contributed by atoms with Crippen molar-refractivity contribution in [2.75, 3.05) is 17.7 Å². The second-order valence-corrected chi connectivity index (χ2v) is 5.21. The van der Waals surface area contributed by atoms with E-state index in [1.54, 1.807) is 14.0 Å². The summed E-state index contributed by atoms with van der Waals surface area (Å²) < 4.78 is 1.08. The van der Waals surface area contributed by atoms with Gasteiger partial charge in [-0.05, 0) is 53.8 Å². The van der Waals surface area contributed by atoms with Crippen molar-refractivity contribution in [3.8, 4) is 0 Å². The Balaban J connectivity index is 2.45. The zero-order chi connectivity index (χ0) is 14.7. The quantitative estimate of drug-likeness (QED) is 0.478. The minimum Gasteiger partial charge on any atom is -0.357 e. The highest BCUT2D eigenvalue weighted by Crippen LogP contribution is 2.29. The van der Waals surface area contributed by atoms with Crippen molar-refractivity contribution in [1.82, 2.24) is 9.97 Å². The van der Waals surface area contributed by atoms with Crippen LogP contribution in [0.5, 0.6) is 0 Å². The highest BCUT2D eigenvalue weighted by Gasteiger charge is 2.21. The van der Waals surface area contributed by atoms with Crippen molar-refractivity contribution in [2.45, 2.75) is 6.92 Å². The van der Waals surface area contributed by atoms with E-state index in [1.165, 1.54) is 0 Å². The lowest BCUT2D eigenvalue weighted by atomic mass is 10.3. The van der Waals surface area contributed by atoms with Crippen molar-refractivity contribution in [3.63, 3.8) is 0 Å². The molecule has 0 amide bonds. The molecule has 20 heavy (non-hydrogen) atoms. The average Bonchev–Trinajstić information content (AvgIpc) is 2.40. The Hall–Kier alpha value is -1.97. The SMILES string of the molecule is CNc1nc(C)c([N+](=O)[O-])c(Nc2ccc(I)cc2)n1. The van der Waals surface area contributed by atoms with Crippen molar-refractivity contribution in [1.29, 1.82) is 0 Å². The molecule has 0 aliphatic rings. The van der Waals surface area contributed by atoms with Gasteiger partial charge in [0.1, 0.15) is 5.69 Å². The number of benzene rings is 1. The molecule has 0 bridgehead atoms. The largest absolute Gasteiger partial charge is 0.357 e. The van der Waals surface area contributed by atoms with Crippen LogP contribution in [-0.4, -0.2) is 21.9 Å². The average molecular weight is 385 g/mol. The van der Waals surface area contributed by atoms with Gasteiger partial charge in [0.05, 0.1) is 4.92 Å². The number of nitrogens with one attached hydrogen (secondary N) is 2. The second-order valence-electron chi connectivity index (χ2n) is 3.97. The van der Waals surface area contributed by atoms with Crippen LogP contribution < -0.4 is 10.6 Å². The lowest BCUT2D eigenvalue weighted by Gasteiger charge is -2.09. The van der Waals surface area contributed by atoms with Gasteiger partial charge in [-0.3, -0.25) is 10.1 Å². The van der Waals surface area contributed by atoms with E-state index in [1.807, 2.05) is 24.3 Å². The van der Waals surface area contributed by atoms with Gasteiger partial charge < -0.3 is 10.6 Å². The lowest BCUT2D eigenvalue weighted by Crippen LogP contribution is -2.07. The number of hydrogen-bond acceptors (Lipinski definition) is 6. The number of aromatic nitrogens is 2. The molecule has 0 atom stereocenters. The first kappa shape index (κ1) is 14.4. The fourth-order valence-corrected chi connectivity index (χ4v) is 2.01. The maximum atomic E-state index is 11.2. The molecule has 104 valence electrons. The van der Waals surface area contributed by atoms with Crippen LogP contribution in [0.25, 0.3) is 0 Å². The van der Waals surface area contributed by atoms with Crippen LogP contribution in [0.4, 0.5) is 23.1 Å². The highest BCUT2D eigenvalue weighted by molar-refractivity contribution is 14.1. The van der Waals surface area contributed by atoms with Gasteiger partial charge in [0.2, 0.25) is 11.8 Å². The maximum absolute atomic E-state index is 11.2. The van der Waals surface area contributed by atoms with Gasteiger partial charge in [-0.1, -0.05) is 0 Å². The van der Waals surface area contributed by atoms with E-state index in [0.29, 0.717) is 11.6 Å². The van der Waals surface area contributed by atoms with Crippen LogP contribution in [0, 0.1) is 20.6 Å². The first-order chi connectivity index (χ1) is 9.51. The molecule has 0 fully saturated rings. The van der Waals surface area contributed by atoms with Crippen LogP contribution >= 0.6 is 22.6 Å². The fraction of sp³-hybridized carbons (Fsp3) is 0.167. The number of nitrogens with zero attached hydrogens (tertiary/aromatic N) is 3. The van der Waals surface area contributed by atoms with Gasteiger partial charge in [0.15, 0.2) is 0 Å². The molecule has 1 aromatic carbocycles. The molecule has 1 heterocycles. The van der Waals surface area contributed by atoms with Gasteiger partial charge in [-0.2, -0.15) is 4.98 Å². The summed E-state index contributed by atoms with van der Waals surface area (Å²) in [5, 5.41) is 16.9. The standard InChI is InChI=1S/C12H12IN5O2/c1-7-10(18(19)20)11(17-12(14-2)15-7)16-9-5-3-8(13)4-6-9/h3-6H,1-2H3,(H2,14,15,16,17). The third-order valence-corrected chi connectivity index (χ3v) is 3.29. The Kier molecular flexibility index (Phi) is 4.32. The van der Waals surface area contributed by atoms with Crippen LogP contribution in [0.3, 0.4) is 0 Å². The molecule has 0 aliphatic carbocycles. The van der Waals surface area contributed by atoms with E-state index in [-0.39, 0.29) is 11.5 Å². The summed E-state index contributed by atoms with van der Waals surface area (Å²) in [6.07, 6.45) is 0. The monoisotopic (exact) mass is 385 g/mol. The molecule has 0 saturated carbocycles. The van der Waals surface area contributed by atoms with E-state index >= 15 is 0 Å². The van der Waals surface area contributed by atoms with Crippen molar-refractivity contribution >= 4 is 45.7 Å². The van der Waals surface area contributed by atoms with Crippen molar-refractivity contribution < 1.29 is 4.92 Å². The number of anilines is 3. The summed E-state index contributed by atoms with van der Waals surface area (Å²) in [6, 6.07) is 7.48. The number of hydrogen-bond donors (Lipinski definition) is 2. The number of aryl methyl sites for hydroxylation is 1. The topological polar surface area (TPSA) is 93.0 Å². The Morgan fingerprint density at radius 1 is 1.25 bits per heavy atom. The predicted octanol–water partition coefficient (Wildman–Crippen LogP) is 3.08. The molecule has 8 heteroatoms. The van der Waals surface area contributed by atoms with E-state index in [2.05, 4.69) is 43.2 Å². The normalized spacial score (nSPS) is 10.2. The molecule has 0 radical (unpaired) electrons. The first-order valence-electron chi connectivity index (χ1n) is 5.74. The van der Waals surface area contributed by atoms with Crippen LogP contribution in [0.2, 0.25) is 0 Å². The van der Waals surface area contributed by atoms with E-state index in [0.717, 1.165) is 9.26 Å². The molecular weight excluding hydrogens is 373 g/mol. The molecular formula is C12H12IN5O2. The summed E-state index contributed by atoms with van der Waals surface area (Å²) in [4.78, 5) is 18.8. The summed E-state index contributed by atoms with van der Waals surface area (Å²) in [5.41, 5.74) is 0.915. The molecule has 2 N–H and O–H groups in total. The minimum atomic E-state index is -0.482. The molecule has 0 aliphatic heterocycles. The molecule has 2 rings (SSSR count). The summed E-state index contributed by atoms with van der Waals surface area (Å²) in [6.45, 7) is 1.58. The third kappa shape index (κ3) is 3.13. The second kappa shape index (κ2) is 5.99. The number of halogens is 1. The maximum Gasteiger partial charge on any atom is 0.332 e. The molecule has 7 nitrogen and oxygen atoms in total. The van der Waals surface area contributed by atoms with Crippen molar-refractivity contribution in [2.24, 2.45) is 0 Å². The summed E-state index contributed by atoms with van der Waals surface area (Å²) in [5.74, 6) is 0.508. The third-order valence-electron chi connectivity index (χ3n) is 2.57. The van der Waals surface area contributed by atoms with E-state index in [9.17, 15) is 10.1 Å². The van der Waals surface area contributed by atoms with E-state index < -0.39 is 4.92 Å². The molecule has 0 spiro atoms. The number of rotatable bonds is 4. The zero-order valence-corrected chi connectivity index (χ0v) is 13.0. The van der Waals surface area contributed by atoms with Crippen molar-refractivity contribution in [3.05, 3.63) is 43.6 Å². The van der Waals surface area contributed by atoms with Gasteiger partial charge >= 0.3 is 5.69 Å². The van der Waals surface area contributed by atoms with Gasteiger partial charge in [-0.15, -0.1) is 0 Å². The van der Waals surface area contributed by atoms with E-state index in [4.69, 9.17) is 0 Å². The Bertz CT molecular complexity index is 645. The molecule has 0 saturated heterocycles. The van der Waals surface area contributed by atoms with Crippen LogP contribution in [-0.2, 0) is 0 Å². The highest BCUT2D eigenvalue weighted by atomic mass is 127. The smallest absolute Gasteiger partial charge is 0.332 e. The lowest BCUT2D eigenvalue weighted by molar-refractivity contribution is -0.385. The Labute approximate surface area is 129 Å². The molecule has 1 aromatic heterocycles. The zero-order valence-electron chi connectivity index (χ0n) is 10.8.